The highest BCUT2D eigenvalue weighted by atomic mass is 16.5. The summed E-state index contributed by atoms with van der Waals surface area (Å²) in [5, 5.41) is 8.60. The van der Waals surface area contributed by atoms with Gasteiger partial charge < -0.3 is 24.3 Å². The van der Waals surface area contributed by atoms with E-state index in [1.807, 2.05) is 58.3 Å². The number of hydrogen-bond acceptors (Lipinski definition) is 7. The third kappa shape index (κ3) is 10.9. The van der Waals surface area contributed by atoms with Crippen LogP contribution in [0.5, 0.6) is 0 Å². The Bertz CT molecular complexity index is 2610. The van der Waals surface area contributed by atoms with Gasteiger partial charge in [-0.3, -0.25) is 29.0 Å². The molecule has 0 bridgehead atoms. The smallest absolute Gasteiger partial charge is 0.255 e. The quantitative estimate of drug-likeness (QED) is 0.153. The van der Waals surface area contributed by atoms with E-state index in [0.717, 1.165) is 197 Å². The molecule has 0 spiro atoms. The molecule has 6 aromatic carbocycles. The lowest BCUT2D eigenvalue weighted by Crippen LogP contribution is -2.53. The molecule has 0 saturated carbocycles. The number of rotatable bonds is 6. The predicted molar refractivity (Wildman–Crippen MR) is 294 cm³/mol. The molecule has 0 aromatic heterocycles. The van der Waals surface area contributed by atoms with Gasteiger partial charge in [0, 0.05) is 77.5 Å². The number of fused-ring (bicyclic) bond motifs is 4. The zero-order chi connectivity index (χ0) is 49.0. The minimum absolute atomic E-state index is 0. The molecule has 0 N–H and O–H groups in total. The van der Waals surface area contributed by atoms with Gasteiger partial charge in [0.05, 0.1) is 36.2 Å². The molecule has 6 fully saturated rings. The lowest BCUT2D eigenvalue weighted by atomic mass is 9.91. The second-order valence-corrected chi connectivity index (χ2v) is 21.4. The van der Waals surface area contributed by atoms with Gasteiger partial charge in [-0.05, 0) is 139 Å². The SMILES string of the molecule is C.O=C(c1c2ccccc2cc2ccccc12)N1CCC(N2CCCC(C(=O)N3CCCCC3)C2)CC1.O=C(c1c2ccccc2cc2ccccc12)N1CCC(N2CCC[C@@H](C(=O)N3CCOCC3)C2)CC1. The van der Waals surface area contributed by atoms with Gasteiger partial charge in [-0.25, -0.2) is 0 Å². The number of carbonyl (C=O) groups is 4. The topological polar surface area (TPSA) is 96.9 Å². The van der Waals surface area contributed by atoms with E-state index in [9.17, 15) is 19.2 Å². The van der Waals surface area contributed by atoms with Crippen LogP contribution in [0, 0.1) is 11.8 Å². The molecule has 0 aliphatic carbocycles. The molecule has 1 unspecified atom stereocenters. The van der Waals surface area contributed by atoms with Crippen molar-refractivity contribution in [3.63, 3.8) is 0 Å². The Hall–Kier alpha value is -5.88. The first-order valence-electron chi connectivity index (χ1n) is 27.4. The summed E-state index contributed by atoms with van der Waals surface area (Å²) in [6.45, 7) is 11.6. The number of ether oxygens (including phenoxy) is 1. The average Bonchev–Trinajstić information content (AvgIpc) is 3.46. The Kier molecular flexibility index (Phi) is 16.0. The van der Waals surface area contributed by atoms with Crippen molar-refractivity contribution in [1.29, 1.82) is 0 Å². The van der Waals surface area contributed by atoms with Gasteiger partial charge in [0.15, 0.2) is 0 Å². The van der Waals surface area contributed by atoms with Crippen molar-refractivity contribution in [3.05, 3.63) is 120 Å². The molecule has 384 valence electrons. The van der Waals surface area contributed by atoms with Crippen molar-refractivity contribution >= 4 is 66.7 Å². The van der Waals surface area contributed by atoms with Crippen molar-refractivity contribution < 1.29 is 23.9 Å². The molecule has 6 aromatic rings. The number of carbonyl (C=O) groups excluding carboxylic acids is 4. The lowest BCUT2D eigenvalue weighted by molar-refractivity contribution is -0.142. The van der Waals surface area contributed by atoms with Gasteiger partial charge in [-0.1, -0.05) is 104 Å². The van der Waals surface area contributed by atoms with Crippen LogP contribution in [0.4, 0.5) is 0 Å². The Morgan fingerprint density at radius 3 is 1.12 bits per heavy atom. The fourth-order valence-electron chi connectivity index (χ4n) is 13.2. The van der Waals surface area contributed by atoms with Gasteiger partial charge in [-0.2, -0.15) is 0 Å². The Morgan fingerprint density at radius 2 is 0.740 bits per heavy atom. The van der Waals surface area contributed by atoms with Crippen molar-refractivity contribution in [2.75, 3.05) is 91.8 Å². The summed E-state index contributed by atoms with van der Waals surface area (Å²) in [7, 11) is 0. The minimum atomic E-state index is 0. The standard InChI is InChI=1S/C31H37N3O2.C30H35N3O3.CH4/c35-30(32-16-6-1-7-17-32)25-11-8-18-34(22-25)26-14-19-33(20-15-26)31(36)29-27-12-4-2-9-23(27)21-24-10-3-5-13-28(24)29;34-29(32-16-18-36-19-17-32)24-8-5-13-33(21-24)25-11-14-31(15-12-25)30(35)28-26-9-3-1-6-22(26)20-23-7-2-4-10-27(23)28;/h2-5,9-10,12-13,21,25-26H,1,6-8,11,14-20,22H2;1-4,6-7,9-10,20,24-25H,5,8,11-19,21H2;1H4/t;24-;/m.1./s1. The predicted octanol–water partition coefficient (Wildman–Crippen LogP) is 10.1. The number of amides is 4. The summed E-state index contributed by atoms with van der Waals surface area (Å²) in [5.74, 6) is 1.23. The molecule has 2 atom stereocenters. The minimum Gasteiger partial charge on any atom is -0.378 e. The summed E-state index contributed by atoms with van der Waals surface area (Å²) < 4.78 is 5.43. The summed E-state index contributed by atoms with van der Waals surface area (Å²) in [5.41, 5.74) is 1.67. The molecular formula is C62H76N6O5. The largest absolute Gasteiger partial charge is 0.378 e. The highest BCUT2D eigenvalue weighted by molar-refractivity contribution is 6.19. The summed E-state index contributed by atoms with van der Waals surface area (Å²) in [4.78, 5) is 67.3. The van der Waals surface area contributed by atoms with E-state index in [0.29, 0.717) is 37.1 Å². The van der Waals surface area contributed by atoms with Crippen LogP contribution in [0.2, 0.25) is 0 Å². The average molecular weight is 985 g/mol. The first-order valence-corrected chi connectivity index (χ1v) is 27.4. The van der Waals surface area contributed by atoms with E-state index in [2.05, 4.69) is 80.3 Å². The molecule has 6 heterocycles. The summed E-state index contributed by atoms with van der Waals surface area (Å²) >= 11 is 0. The van der Waals surface area contributed by atoms with Gasteiger partial charge in [-0.15, -0.1) is 0 Å². The maximum absolute atomic E-state index is 13.9. The molecular weight excluding hydrogens is 909 g/mol. The normalized spacial score (nSPS) is 22.0. The van der Waals surface area contributed by atoms with E-state index in [-0.39, 0.29) is 31.1 Å². The summed E-state index contributed by atoms with van der Waals surface area (Å²) in [6, 6.07) is 38.2. The number of morpholine rings is 1. The maximum Gasteiger partial charge on any atom is 0.255 e. The van der Waals surface area contributed by atoms with Crippen molar-refractivity contribution in [2.45, 2.75) is 90.1 Å². The van der Waals surface area contributed by atoms with E-state index < -0.39 is 0 Å². The number of hydrogen-bond donors (Lipinski definition) is 0. The summed E-state index contributed by atoms with van der Waals surface area (Å²) in [6.07, 6.45) is 11.6. The third-order valence-electron chi connectivity index (χ3n) is 17.1. The van der Waals surface area contributed by atoms with Crippen LogP contribution < -0.4 is 0 Å². The fourth-order valence-corrected chi connectivity index (χ4v) is 13.2. The van der Waals surface area contributed by atoms with Crippen molar-refractivity contribution in [3.8, 4) is 0 Å². The van der Waals surface area contributed by atoms with E-state index in [1.165, 1.54) is 6.42 Å². The Labute approximate surface area is 432 Å². The highest BCUT2D eigenvalue weighted by Crippen LogP contribution is 2.34. The highest BCUT2D eigenvalue weighted by Gasteiger charge is 2.37. The van der Waals surface area contributed by atoms with Gasteiger partial charge in [0.2, 0.25) is 11.8 Å². The van der Waals surface area contributed by atoms with Crippen LogP contribution in [0.3, 0.4) is 0 Å². The van der Waals surface area contributed by atoms with Crippen molar-refractivity contribution in [1.82, 2.24) is 29.4 Å². The van der Waals surface area contributed by atoms with E-state index >= 15 is 0 Å². The number of piperidine rings is 5. The Balaban J connectivity index is 0.000000165. The fraction of sp³-hybridized carbons (Fsp3) is 0.484. The third-order valence-corrected chi connectivity index (χ3v) is 17.1. The molecule has 6 aliphatic rings. The molecule has 73 heavy (non-hydrogen) atoms. The number of benzene rings is 6. The molecule has 0 radical (unpaired) electrons. The monoisotopic (exact) mass is 985 g/mol. The van der Waals surface area contributed by atoms with Crippen molar-refractivity contribution in [2.24, 2.45) is 11.8 Å². The van der Waals surface area contributed by atoms with E-state index in [1.54, 1.807) is 0 Å². The van der Waals surface area contributed by atoms with Gasteiger partial charge >= 0.3 is 0 Å². The zero-order valence-corrected chi connectivity index (χ0v) is 42.1. The van der Waals surface area contributed by atoms with Crippen LogP contribution >= 0.6 is 0 Å². The zero-order valence-electron chi connectivity index (χ0n) is 42.1. The number of likely N-dealkylation sites (tertiary alicyclic amines) is 5. The van der Waals surface area contributed by atoms with Gasteiger partial charge in [0.25, 0.3) is 11.8 Å². The molecule has 11 heteroatoms. The first-order chi connectivity index (χ1) is 35.4. The first kappa shape index (κ1) is 50.6. The van der Waals surface area contributed by atoms with Crippen LogP contribution in [0.25, 0.3) is 43.1 Å². The van der Waals surface area contributed by atoms with Crippen LogP contribution in [-0.4, -0.2) is 157 Å². The van der Waals surface area contributed by atoms with Crippen LogP contribution in [0.1, 0.15) is 98.8 Å². The van der Waals surface area contributed by atoms with Crippen LogP contribution in [-0.2, 0) is 14.3 Å². The second-order valence-electron chi connectivity index (χ2n) is 21.4. The molecule has 4 amide bonds. The Morgan fingerprint density at radius 1 is 0.384 bits per heavy atom. The molecule has 11 nitrogen and oxygen atoms in total. The molecule has 6 aliphatic heterocycles. The molecule has 12 rings (SSSR count). The maximum atomic E-state index is 13.9. The van der Waals surface area contributed by atoms with Gasteiger partial charge in [0.1, 0.15) is 0 Å². The van der Waals surface area contributed by atoms with E-state index in [4.69, 9.17) is 4.74 Å². The van der Waals surface area contributed by atoms with Crippen LogP contribution in [0.15, 0.2) is 109 Å². The lowest BCUT2D eigenvalue weighted by Gasteiger charge is -2.43. The molecule has 6 saturated heterocycles. The second kappa shape index (κ2) is 23.1. The number of nitrogens with zero attached hydrogens (tertiary/aromatic N) is 6.